The SMILES string of the molecule is CCCCC[C@@H]1CC(=O)c2c(oc(=O)c3ccc(C)cc23)C1. The molecule has 1 heterocycles. The molecule has 22 heavy (non-hydrogen) atoms. The van der Waals surface area contributed by atoms with Crippen molar-refractivity contribution in [2.45, 2.75) is 52.4 Å². The Bertz CT molecular complexity index is 770. The van der Waals surface area contributed by atoms with Gasteiger partial charge >= 0.3 is 5.63 Å². The lowest BCUT2D eigenvalue weighted by molar-refractivity contribution is 0.0938. The van der Waals surface area contributed by atoms with E-state index in [1.165, 1.54) is 12.8 Å². The van der Waals surface area contributed by atoms with Crippen LogP contribution in [0.1, 0.15) is 60.7 Å². The van der Waals surface area contributed by atoms with Crippen LogP contribution < -0.4 is 5.63 Å². The molecule has 1 aromatic carbocycles. The maximum atomic E-state index is 12.6. The molecule has 1 aliphatic rings. The standard InChI is InChI=1S/C19H22O3/c1-3-4-5-6-13-10-16(20)18-15-9-12(2)7-8-14(15)19(21)22-17(18)11-13/h7-9,13H,3-6,10-11H2,1-2H3/t13-/m1/s1. The molecule has 0 N–H and O–H groups in total. The minimum absolute atomic E-state index is 0.127. The molecular weight excluding hydrogens is 276 g/mol. The Hall–Kier alpha value is -1.90. The van der Waals surface area contributed by atoms with Crippen molar-refractivity contribution < 1.29 is 9.21 Å². The van der Waals surface area contributed by atoms with E-state index < -0.39 is 0 Å². The zero-order valence-electron chi connectivity index (χ0n) is 13.3. The van der Waals surface area contributed by atoms with E-state index in [0.717, 1.165) is 23.8 Å². The fraction of sp³-hybridized carbons (Fsp3) is 0.474. The normalized spacial score (nSPS) is 17.7. The fourth-order valence-electron chi connectivity index (χ4n) is 3.45. The van der Waals surface area contributed by atoms with Gasteiger partial charge in [0.15, 0.2) is 5.78 Å². The number of Topliss-reactive ketones (excluding diaryl/α,β-unsaturated/α-hetero) is 1. The summed E-state index contributed by atoms with van der Waals surface area (Å²) in [7, 11) is 0. The minimum Gasteiger partial charge on any atom is -0.427 e. The Labute approximate surface area is 130 Å². The summed E-state index contributed by atoms with van der Waals surface area (Å²) in [5.74, 6) is 1.04. The van der Waals surface area contributed by atoms with Gasteiger partial charge in [-0.1, -0.05) is 43.9 Å². The molecule has 0 aliphatic heterocycles. The molecule has 0 radical (unpaired) electrons. The molecule has 0 spiro atoms. The summed E-state index contributed by atoms with van der Waals surface area (Å²) in [6.07, 6.45) is 5.83. The van der Waals surface area contributed by atoms with E-state index in [1.807, 2.05) is 19.1 Å². The predicted octanol–water partition coefficient (Wildman–Crippen LogP) is 4.43. The van der Waals surface area contributed by atoms with E-state index in [9.17, 15) is 9.59 Å². The first-order valence-electron chi connectivity index (χ1n) is 8.19. The highest BCUT2D eigenvalue weighted by Gasteiger charge is 2.29. The summed E-state index contributed by atoms with van der Waals surface area (Å²) in [4.78, 5) is 24.8. The summed E-state index contributed by atoms with van der Waals surface area (Å²) in [5, 5.41) is 1.28. The maximum Gasteiger partial charge on any atom is 0.343 e. The first kappa shape index (κ1) is 15.0. The van der Waals surface area contributed by atoms with Crippen LogP contribution in [0.5, 0.6) is 0 Å². The maximum absolute atomic E-state index is 12.6. The van der Waals surface area contributed by atoms with Gasteiger partial charge in [-0.05, 0) is 25.3 Å². The number of fused-ring (bicyclic) bond motifs is 3. The van der Waals surface area contributed by atoms with Crippen molar-refractivity contribution in [3.63, 3.8) is 0 Å². The van der Waals surface area contributed by atoms with Gasteiger partial charge < -0.3 is 4.42 Å². The summed E-state index contributed by atoms with van der Waals surface area (Å²) in [5.41, 5.74) is 1.37. The van der Waals surface area contributed by atoms with E-state index in [-0.39, 0.29) is 11.4 Å². The largest absolute Gasteiger partial charge is 0.427 e. The highest BCUT2D eigenvalue weighted by atomic mass is 16.4. The molecule has 3 nitrogen and oxygen atoms in total. The number of aryl methyl sites for hydroxylation is 1. The fourth-order valence-corrected chi connectivity index (χ4v) is 3.45. The van der Waals surface area contributed by atoms with Gasteiger partial charge in [-0.3, -0.25) is 4.79 Å². The van der Waals surface area contributed by atoms with Gasteiger partial charge in [0, 0.05) is 18.2 Å². The quantitative estimate of drug-likeness (QED) is 0.785. The lowest BCUT2D eigenvalue weighted by Gasteiger charge is -2.23. The van der Waals surface area contributed by atoms with Crippen molar-refractivity contribution in [2.75, 3.05) is 0 Å². The Kier molecular flexibility index (Phi) is 4.14. The van der Waals surface area contributed by atoms with Gasteiger partial charge in [0.25, 0.3) is 0 Å². The zero-order chi connectivity index (χ0) is 15.7. The molecule has 116 valence electrons. The van der Waals surface area contributed by atoms with Crippen LogP contribution in [0, 0.1) is 12.8 Å². The molecule has 1 atom stereocenters. The zero-order valence-corrected chi connectivity index (χ0v) is 13.3. The van der Waals surface area contributed by atoms with E-state index in [1.54, 1.807) is 6.07 Å². The van der Waals surface area contributed by atoms with Gasteiger partial charge in [0.05, 0.1) is 10.9 Å². The number of hydrogen-bond donors (Lipinski definition) is 0. The minimum atomic E-state index is -0.323. The Morgan fingerprint density at radius 3 is 2.73 bits per heavy atom. The molecule has 0 bridgehead atoms. The Morgan fingerprint density at radius 2 is 1.95 bits per heavy atom. The summed E-state index contributed by atoms with van der Waals surface area (Å²) in [6, 6.07) is 5.57. The summed E-state index contributed by atoms with van der Waals surface area (Å²) in [6.45, 7) is 4.15. The van der Waals surface area contributed by atoms with Gasteiger partial charge in [-0.2, -0.15) is 0 Å². The molecule has 3 rings (SSSR count). The molecular formula is C19H22O3. The number of unbranched alkanes of at least 4 members (excludes halogenated alkanes) is 2. The van der Waals surface area contributed by atoms with E-state index in [0.29, 0.717) is 35.5 Å². The molecule has 0 saturated carbocycles. The molecule has 0 saturated heterocycles. The number of hydrogen-bond acceptors (Lipinski definition) is 3. The summed E-state index contributed by atoms with van der Waals surface area (Å²) >= 11 is 0. The smallest absolute Gasteiger partial charge is 0.343 e. The van der Waals surface area contributed by atoms with Crippen molar-refractivity contribution in [3.8, 4) is 0 Å². The highest BCUT2D eigenvalue weighted by Crippen LogP contribution is 2.32. The second-order valence-electron chi connectivity index (χ2n) is 6.43. The van der Waals surface area contributed by atoms with Gasteiger partial charge in [0.1, 0.15) is 5.76 Å². The van der Waals surface area contributed by atoms with Crippen LogP contribution in [-0.4, -0.2) is 5.78 Å². The number of benzene rings is 1. The van der Waals surface area contributed by atoms with Crippen molar-refractivity contribution in [3.05, 3.63) is 45.5 Å². The lowest BCUT2D eigenvalue weighted by atomic mass is 9.82. The third-order valence-electron chi connectivity index (χ3n) is 4.60. The highest BCUT2D eigenvalue weighted by molar-refractivity contribution is 6.09. The predicted molar refractivity (Wildman–Crippen MR) is 87.5 cm³/mol. The molecule has 1 aliphatic carbocycles. The first-order valence-corrected chi connectivity index (χ1v) is 8.19. The average molecular weight is 298 g/mol. The van der Waals surface area contributed by atoms with Gasteiger partial charge in [-0.15, -0.1) is 0 Å². The van der Waals surface area contributed by atoms with E-state index in [2.05, 4.69) is 6.92 Å². The second kappa shape index (κ2) is 6.07. The van der Waals surface area contributed by atoms with Crippen LogP contribution in [0.4, 0.5) is 0 Å². The van der Waals surface area contributed by atoms with Crippen molar-refractivity contribution in [2.24, 2.45) is 5.92 Å². The Balaban J connectivity index is 2.02. The van der Waals surface area contributed by atoms with Gasteiger partial charge in [0.2, 0.25) is 0 Å². The Morgan fingerprint density at radius 1 is 1.14 bits per heavy atom. The average Bonchev–Trinajstić information content (AvgIpc) is 2.46. The van der Waals surface area contributed by atoms with Gasteiger partial charge in [-0.25, -0.2) is 4.79 Å². The number of rotatable bonds is 4. The second-order valence-corrected chi connectivity index (χ2v) is 6.43. The topological polar surface area (TPSA) is 47.3 Å². The lowest BCUT2D eigenvalue weighted by Crippen LogP contribution is -2.23. The number of carbonyl (C=O) groups excluding carboxylic acids is 1. The molecule has 3 heteroatoms. The van der Waals surface area contributed by atoms with Crippen LogP contribution in [0.3, 0.4) is 0 Å². The molecule has 0 fully saturated rings. The number of carbonyl (C=O) groups is 1. The van der Waals surface area contributed by atoms with E-state index in [4.69, 9.17) is 4.42 Å². The molecule has 1 aromatic heterocycles. The van der Waals surface area contributed by atoms with Crippen molar-refractivity contribution in [1.82, 2.24) is 0 Å². The monoisotopic (exact) mass is 298 g/mol. The van der Waals surface area contributed by atoms with Crippen LogP contribution >= 0.6 is 0 Å². The van der Waals surface area contributed by atoms with E-state index >= 15 is 0 Å². The molecule has 0 amide bonds. The van der Waals surface area contributed by atoms with Crippen LogP contribution in [-0.2, 0) is 6.42 Å². The summed E-state index contributed by atoms with van der Waals surface area (Å²) < 4.78 is 5.48. The third-order valence-corrected chi connectivity index (χ3v) is 4.60. The molecule has 0 unspecified atom stereocenters. The van der Waals surface area contributed by atoms with Crippen LogP contribution in [0.25, 0.3) is 10.8 Å². The van der Waals surface area contributed by atoms with Crippen molar-refractivity contribution in [1.29, 1.82) is 0 Å². The first-order chi connectivity index (χ1) is 10.6. The van der Waals surface area contributed by atoms with Crippen molar-refractivity contribution >= 4 is 16.6 Å². The number of ketones is 1. The van der Waals surface area contributed by atoms with Crippen LogP contribution in [0.15, 0.2) is 27.4 Å². The molecule has 2 aromatic rings. The third kappa shape index (κ3) is 2.72. The van der Waals surface area contributed by atoms with Crippen LogP contribution in [0.2, 0.25) is 0 Å².